The van der Waals surface area contributed by atoms with Gasteiger partial charge in [-0.1, -0.05) is 12.6 Å². The summed E-state index contributed by atoms with van der Waals surface area (Å²) in [5.41, 5.74) is 8.03. The topological polar surface area (TPSA) is 69.1 Å². The molecule has 0 bridgehead atoms. The lowest BCUT2D eigenvalue weighted by atomic mass is 10.2. The predicted molar refractivity (Wildman–Crippen MR) is 73.9 cm³/mol. The molecule has 5 nitrogen and oxygen atoms in total. The molecule has 0 spiro atoms. The van der Waals surface area contributed by atoms with E-state index in [0.29, 0.717) is 5.82 Å². The van der Waals surface area contributed by atoms with Crippen LogP contribution in [0, 0.1) is 0 Å². The Morgan fingerprint density at radius 2 is 2.28 bits per heavy atom. The Bertz CT molecular complexity index is 609. The van der Waals surface area contributed by atoms with E-state index in [0.717, 1.165) is 17.0 Å². The molecule has 2 aromatic rings. The molecule has 0 aromatic carbocycles. The van der Waals surface area contributed by atoms with Crippen LogP contribution in [0.5, 0.6) is 0 Å². The maximum Gasteiger partial charge on any atom is 0.124 e. The minimum Gasteiger partial charge on any atom is -0.384 e. The highest BCUT2D eigenvalue weighted by molar-refractivity contribution is 5.63. The average Bonchev–Trinajstić information content (AvgIpc) is 2.85. The molecule has 5 heteroatoms. The van der Waals surface area contributed by atoms with Crippen LogP contribution in [0.4, 0.5) is 5.82 Å². The molecule has 2 rings (SSSR count). The van der Waals surface area contributed by atoms with Crippen molar-refractivity contribution in [2.75, 3.05) is 5.73 Å². The van der Waals surface area contributed by atoms with Crippen molar-refractivity contribution < 1.29 is 0 Å². The van der Waals surface area contributed by atoms with Crippen LogP contribution in [0.3, 0.4) is 0 Å². The average molecular weight is 239 g/mol. The Hall–Kier alpha value is -2.69. The van der Waals surface area contributed by atoms with Gasteiger partial charge in [-0.05, 0) is 24.9 Å². The number of aliphatic imine (C=N–C) groups is 1. The molecule has 0 amide bonds. The van der Waals surface area contributed by atoms with Crippen LogP contribution in [0.2, 0.25) is 0 Å². The van der Waals surface area contributed by atoms with Gasteiger partial charge in [-0.25, -0.2) is 9.67 Å². The predicted octanol–water partition coefficient (Wildman–Crippen LogP) is 2.21. The van der Waals surface area contributed by atoms with Crippen LogP contribution in [0.15, 0.2) is 54.4 Å². The fourth-order valence-corrected chi connectivity index (χ4v) is 1.51. The van der Waals surface area contributed by atoms with Crippen molar-refractivity contribution in [3.63, 3.8) is 0 Å². The zero-order valence-electron chi connectivity index (χ0n) is 9.82. The van der Waals surface area contributed by atoms with E-state index < -0.39 is 0 Å². The Morgan fingerprint density at radius 1 is 1.44 bits per heavy atom. The molecule has 0 aliphatic rings. The minimum absolute atomic E-state index is 0.479. The summed E-state index contributed by atoms with van der Waals surface area (Å²) in [7, 11) is 0. The maximum atomic E-state index is 5.65. The molecule has 2 aromatic heterocycles. The third-order valence-corrected chi connectivity index (χ3v) is 2.35. The van der Waals surface area contributed by atoms with E-state index in [4.69, 9.17) is 5.73 Å². The van der Waals surface area contributed by atoms with E-state index in [1.165, 1.54) is 0 Å². The Balaban J connectivity index is 2.39. The highest BCUT2D eigenvalue weighted by Gasteiger charge is 2.04. The van der Waals surface area contributed by atoms with Gasteiger partial charge in [0.2, 0.25) is 0 Å². The van der Waals surface area contributed by atoms with Crippen LogP contribution in [0.25, 0.3) is 17.0 Å². The van der Waals surface area contributed by atoms with Crippen LogP contribution in [-0.2, 0) is 0 Å². The van der Waals surface area contributed by atoms with Gasteiger partial charge in [0, 0.05) is 11.8 Å². The van der Waals surface area contributed by atoms with Gasteiger partial charge in [0.25, 0.3) is 0 Å². The lowest BCUT2D eigenvalue weighted by Gasteiger charge is -1.99. The van der Waals surface area contributed by atoms with Gasteiger partial charge in [0.1, 0.15) is 5.82 Å². The van der Waals surface area contributed by atoms with Crippen LogP contribution in [0.1, 0.15) is 0 Å². The summed E-state index contributed by atoms with van der Waals surface area (Å²) in [5.74, 6) is 0.479. The third kappa shape index (κ3) is 2.35. The summed E-state index contributed by atoms with van der Waals surface area (Å²) >= 11 is 0. The molecule has 2 N–H and O–H groups in total. The van der Waals surface area contributed by atoms with Gasteiger partial charge >= 0.3 is 0 Å². The fourth-order valence-electron chi connectivity index (χ4n) is 1.51. The highest BCUT2D eigenvalue weighted by Crippen LogP contribution is 2.18. The second-order valence-corrected chi connectivity index (χ2v) is 3.56. The van der Waals surface area contributed by atoms with Crippen molar-refractivity contribution in [3.8, 4) is 11.3 Å². The molecule has 0 saturated carbocycles. The smallest absolute Gasteiger partial charge is 0.124 e. The Kier molecular flexibility index (Phi) is 3.33. The summed E-state index contributed by atoms with van der Waals surface area (Å²) in [4.78, 5) is 7.93. The quantitative estimate of drug-likeness (QED) is 0.657. The van der Waals surface area contributed by atoms with Gasteiger partial charge in [-0.3, -0.25) is 4.99 Å². The van der Waals surface area contributed by atoms with Gasteiger partial charge in [-0.2, -0.15) is 5.10 Å². The zero-order valence-corrected chi connectivity index (χ0v) is 9.82. The van der Waals surface area contributed by atoms with E-state index in [1.54, 1.807) is 29.2 Å². The molecule has 0 atom stereocenters. The van der Waals surface area contributed by atoms with E-state index in [1.807, 2.05) is 18.3 Å². The first-order valence-corrected chi connectivity index (χ1v) is 5.31. The van der Waals surface area contributed by atoms with Crippen LogP contribution < -0.4 is 5.73 Å². The molecule has 0 fully saturated rings. The largest absolute Gasteiger partial charge is 0.384 e. The van der Waals surface area contributed by atoms with Gasteiger partial charge < -0.3 is 5.73 Å². The Morgan fingerprint density at radius 3 is 2.94 bits per heavy atom. The molecule has 0 unspecified atom stereocenters. The lowest BCUT2D eigenvalue weighted by Crippen LogP contribution is -1.94. The highest BCUT2D eigenvalue weighted by atomic mass is 15.3. The van der Waals surface area contributed by atoms with Crippen molar-refractivity contribution in [1.29, 1.82) is 0 Å². The zero-order chi connectivity index (χ0) is 13.0. The van der Waals surface area contributed by atoms with E-state index in [-0.39, 0.29) is 0 Å². The van der Waals surface area contributed by atoms with Gasteiger partial charge in [-0.15, -0.1) is 0 Å². The summed E-state index contributed by atoms with van der Waals surface area (Å²) in [6, 6.07) is 5.47. The molecule has 90 valence electrons. The molecule has 0 saturated heterocycles. The van der Waals surface area contributed by atoms with Crippen molar-refractivity contribution in [2.45, 2.75) is 0 Å². The lowest BCUT2D eigenvalue weighted by molar-refractivity contribution is 0.908. The number of nitrogens with zero attached hydrogens (tertiary/aromatic N) is 4. The SMILES string of the molecule is C=C/C(=C\N=C)n1cc(-c2cccc(N)n2)cn1. The minimum atomic E-state index is 0.479. The second kappa shape index (κ2) is 5.09. The number of anilines is 1. The van der Waals surface area contributed by atoms with E-state index in [9.17, 15) is 0 Å². The fraction of sp³-hybridized carbons (Fsp3) is 0. The van der Waals surface area contributed by atoms with Crippen LogP contribution >= 0.6 is 0 Å². The van der Waals surface area contributed by atoms with Crippen LogP contribution in [-0.4, -0.2) is 21.5 Å². The Labute approximate surface area is 105 Å². The monoisotopic (exact) mass is 239 g/mol. The number of rotatable bonds is 4. The number of nitrogen functional groups attached to an aromatic ring is 1. The van der Waals surface area contributed by atoms with Gasteiger partial charge in [0.05, 0.1) is 23.8 Å². The summed E-state index contributed by atoms with van der Waals surface area (Å²) in [6.07, 6.45) is 6.78. The molecular formula is C13H13N5. The summed E-state index contributed by atoms with van der Waals surface area (Å²) in [6.45, 7) is 7.11. The molecule has 18 heavy (non-hydrogen) atoms. The van der Waals surface area contributed by atoms with Crippen molar-refractivity contribution >= 4 is 18.2 Å². The normalized spacial score (nSPS) is 11.2. The van der Waals surface area contributed by atoms with Gasteiger partial charge in [0.15, 0.2) is 0 Å². The maximum absolute atomic E-state index is 5.65. The first kappa shape index (κ1) is 11.8. The second-order valence-electron chi connectivity index (χ2n) is 3.56. The molecule has 0 aliphatic carbocycles. The number of aromatic nitrogens is 3. The van der Waals surface area contributed by atoms with Crippen molar-refractivity contribution in [3.05, 3.63) is 49.4 Å². The first-order valence-electron chi connectivity index (χ1n) is 5.31. The third-order valence-electron chi connectivity index (χ3n) is 2.35. The molecule has 0 aliphatic heterocycles. The summed E-state index contributed by atoms with van der Waals surface area (Å²) in [5, 5.41) is 4.22. The van der Waals surface area contributed by atoms with E-state index in [2.05, 4.69) is 28.4 Å². The molecule has 2 heterocycles. The number of allylic oxidation sites excluding steroid dienone is 2. The van der Waals surface area contributed by atoms with Crippen molar-refractivity contribution in [2.24, 2.45) is 4.99 Å². The molecular weight excluding hydrogens is 226 g/mol. The number of hydrogen-bond donors (Lipinski definition) is 1. The number of pyridine rings is 1. The summed E-state index contributed by atoms with van der Waals surface area (Å²) < 4.78 is 1.65. The number of nitrogens with two attached hydrogens (primary N) is 1. The molecule has 0 radical (unpaired) electrons. The van der Waals surface area contributed by atoms with E-state index >= 15 is 0 Å². The standard InChI is InChI=1S/C13H13N5/c1-3-11(8-15-2)18-9-10(7-16-18)12-5-4-6-13(14)17-12/h3-9H,1-2H2,(H2,14,17)/b11-8+. The number of hydrogen-bond acceptors (Lipinski definition) is 4. The first-order chi connectivity index (χ1) is 8.74. The van der Waals surface area contributed by atoms with Crippen molar-refractivity contribution in [1.82, 2.24) is 14.8 Å².